The van der Waals surface area contributed by atoms with Gasteiger partial charge in [-0.3, -0.25) is 4.79 Å². The standard InChI is InChI=1S/C14H17NO2/c1-9-5-6-11-10(7-9)8-12(17-11)13(16)14(2,3)15-4/h5-8,15H,1-4H3. The Kier molecular flexibility index (Phi) is 2.79. The second kappa shape index (κ2) is 4.00. The molecule has 0 radical (unpaired) electrons. The number of carbonyl (C=O) groups is 1. The first-order chi connectivity index (χ1) is 7.94. The molecule has 1 aromatic carbocycles. The summed E-state index contributed by atoms with van der Waals surface area (Å²) < 4.78 is 5.58. The van der Waals surface area contributed by atoms with Gasteiger partial charge < -0.3 is 9.73 Å². The molecule has 0 amide bonds. The van der Waals surface area contributed by atoms with Crippen LogP contribution in [0.25, 0.3) is 11.0 Å². The van der Waals surface area contributed by atoms with Crippen LogP contribution in [0, 0.1) is 6.92 Å². The number of aryl methyl sites for hydroxylation is 1. The van der Waals surface area contributed by atoms with E-state index in [0.29, 0.717) is 5.76 Å². The highest BCUT2D eigenvalue weighted by Gasteiger charge is 2.29. The molecule has 0 saturated heterocycles. The number of fused-ring (bicyclic) bond motifs is 1. The van der Waals surface area contributed by atoms with Gasteiger partial charge in [0.2, 0.25) is 5.78 Å². The normalized spacial score (nSPS) is 12.0. The topological polar surface area (TPSA) is 42.2 Å². The van der Waals surface area contributed by atoms with Crippen LogP contribution >= 0.6 is 0 Å². The predicted octanol–water partition coefficient (Wildman–Crippen LogP) is 2.92. The molecule has 1 aromatic heterocycles. The number of rotatable bonds is 3. The van der Waals surface area contributed by atoms with Crippen LogP contribution in [0.4, 0.5) is 0 Å². The SMILES string of the molecule is CNC(C)(C)C(=O)c1cc2cc(C)ccc2o1. The molecule has 0 atom stereocenters. The van der Waals surface area contributed by atoms with Gasteiger partial charge in [0.25, 0.3) is 0 Å². The van der Waals surface area contributed by atoms with Crippen LogP contribution in [0.1, 0.15) is 30.0 Å². The molecule has 2 rings (SSSR count). The molecule has 0 spiro atoms. The molecule has 17 heavy (non-hydrogen) atoms. The lowest BCUT2D eigenvalue weighted by atomic mass is 9.97. The van der Waals surface area contributed by atoms with Crippen LogP contribution < -0.4 is 5.32 Å². The van der Waals surface area contributed by atoms with Gasteiger partial charge in [-0.05, 0) is 46.0 Å². The zero-order valence-corrected chi connectivity index (χ0v) is 10.6. The minimum absolute atomic E-state index is 0.0335. The number of nitrogens with one attached hydrogen (secondary N) is 1. The Morgan fingerprint density at radius 1 is 1.29 bits per heavy atom. The number of furan rings is 1. The summed E-state index contributed by atoms with van der Waals surface area (Å²) in [5, 5.41) is 3.96. The Morgan fingerprint density at radius 3 is 2.65 bits per heavy atom. The number of ketones is 1. The van der Waals surface area contributed by atoms with Crippen molar-refractivity contribution in [3.05, 3.63) is 35.6 Å². The summed E-state index contributed by atoms with van der Waals surface area (Å²) in [4.78, 5) is 12.2. The Bertz CT molecular complexity index is 567. The van der Waals surface area contributed by atoms with Gasteiger partial charge in [-0.15, -0.1) is 0 Å². The lowest BCUT2D eigenvalue weighted by Crippen LogP contribution is -2.44. The van der Waals surface area contributed by atoms with E-state index in [0.717, 1.165) is 16.5 Å². The largest absolute Gasteiger partial charge is 0.453 e. The number of likely N-dealkylation sites (N-methyl/N-ethyl adjacent to an activating group) is 1. The second-order valence-electron chi connectivity index (χ2n) is 4.86. The summed E-state index contributed by atoms with van der Waals surface area (Å²) in [5.41, 5.74) is 1.30. The van der Waals surface area contributed by atoms with Crippen molar-refractivity contribution < 1.29 is 9.21 Å². The Morgan fingerprint density at radius 2 is 2.00 bits per heavy atom. The van der Waals surface area contributed by atoms with E-state index in [9.17, 15) is 4.79 Å². The van der Waals surface area contributed by atoms with Gasteiger partial charge >= 0.3 is 0 Å². The third kappa shape index (κ3) is 2.11. The van der Waals surface area contributed by atoms with Crippen molar-refractivity contribution in [3.63, 3.8) is 0 Å². The van der Waals surface area contributed by atoms with E-state index in [4.69, 9.17) is 4.42 Å². The quantitative estimate of drug-likeness (QED) is 0.826. The number of carbonyl (C=O) groups excluding carboxylic acids is 1. The molecule has 1 heterocycles. The van der Waals surface area contributed by atoms with E-state index in [1.165, 1.54) is 0 Å². The van der Waals surface area contributed by atoms with Gasteiger partial charge in [0.1, 0.15) is 5.58 Å². The molecule has 0 fully saturated rings. The van der Waals surface area contributed by atoms with Crippen molar-refractivity contribution in [2.75, 3.05) is 7.05 Å². The van der Waals surface area contributed by atoms with Gasteiger partial charge in [-0.25, -0.2) is 0 Å². The van der Waals surface area contributed by atoms with Crippen molar-refractivity contribution in [3.8, 4) is 0 Å². The average molecular weight is 231 g/mol. The minimum Gasteiger partial charge on any atom is -0.453 e. The Balaban J connectivity index is 2.47. The van der Waals surface area contributed by atoms with Crippen molar-refractivity contribution >= 4 is 16.8 Å². The average Bonchev–Trinajstić information content (AvgIpc) is 2.70. The van der Waals surface area contributed by atoms with Crippen LogP contribution in [0.2, 0.25) is 0 Å². The molecular weight excluding hydrogens is 214 g/mol. The van der Waals surface area contributed by atoms with E-state index < -0.39 is 5.54 Å². The maximum atomic E-state index is 12.2. The molecule has 3 heteroatoms. The monoisotopic (exact) mass is 231 g/mol. The highest BCUT2D eigenvalue weighted by molar-refractivity contribution is 6.03. The maximum Gasteiger partial charge on any atom is 0.217 e. The summed E-state index contributed by atoms with van der Waals surface area (Å²) in [5.74, 6) is 0.374. The molecule has 0 aliphatic heterocycles. The molecule has 0 aliphatic carbocycles. The third-order valence-corrected chi connectivity index (χ3v) is 3.09. The molecule has 0 aliphatic rings. The minimum atomic E-state index is -0.608. The zero-order chi connectivity index (χ0) is 12.6. The Labute approximate surface area is 101 Å². The van der Waals surface area contributed by atoms with E-state index in [1.54, 1.807) is 7.05 Å². The molecule has 0 bridgehead atoms. The summed E-state index contributed by atoms with van der Waals surface area (Å²) >= 11 is 0. The highest BCUT2D eigenvalue weighted by atomic mass is 16.3. The van der Waals surface area contributed by atoms with Gasteiger partial charge in [-0.1, -0.05) is 11.6 Å². The predicted molar refractivity (Wildman–Crippen MR) is 68.4 cm³/mol. The molecule has 0 saturated carbocycles. The van der Waals surface area contributed by atoms with Crippen LogP contribution in [0.5, 0.6) is 0 Å². The lowest BCUT2D eigenvalue weighted by Gasteiger charge is -2.20. The smallest absolute Gasteiger partial charge is 0.217 e. The first-order valence-electron chi connectivity index (χ1n) is 5.68. The van der Waals surface area contributed by atoms with E-state index >= 15 is 0 Å². The van der Waals surface area contributed by atoms with Crippen molar-refractivity contribution in [1.29, 1.82) is 0 Å². The van der Waals surface area contributed by atoms with Crippen LogP contribution in [0.15, 0.2) is 28.7 Å². The van der Waals surface area contributed by atoms with E-state index in [-0.39, 0.29) is 5.78 Å². The van der Waals surface area contributed by atoms with Crippen molar-refractivity contribution in [1.82, 2.24) is 5.32 Å². The first kappa shape index (κ1) is 11.9. The fourth-order valence-corrected chi connectivity index (χ4v) is 1.70. The van der Waals surface area contributed by atoms with Gasteiger partial charge in [0.05, 0.1) is 5.54 Å². The zero-order valence-electron chi connectivity index (χ0n) is 10.6. The van der Waals surface area contributed by atoms with Crippen LogP contribution in [-0.2, 0) is 0 Å². The molecule has 0 unspecified atom stereocenters. The Hall–Kier alpha value is -1.61. The maximum absolute atomic E-state index is 12.2. The van der Waals surface area contributed by atoms with Crippen molar-refractivity contribution in [2.24, 2.45) is 0 Å². The van der Waals surface area contributed by atoms with Gasteiger partial charge in [0.15, 0.2) is 5.76 Å². The van der Waals surface area contributed by atoms with E-state index in [2.05, 4.69) is 5.32 Å². The summed E-state index contributed by atoms with van der Waals surface area (Å²) in [6.45, 7) is 5.70. The van der Waals surface area contributed by atoms with Gasteiger partial charge in [-0.2, -0.15) is 0 Å². The number of Topliss-reactive ketones (excluding diaryl/α,β-unsaturated/α-hetero) is 1. The summed E-state index contributed by atoms with van der Waals surface area (Å²) in [6, 6.07) is 7.70. The number of hydrogen-bond donors (Lipinski definition) is 1. The first-order valence-corrected chi connectivity index (χ1v) is 5.68. The van der Waals surface area contributed by atoms with Gasteiger partial charge in [0, 0.05) is 5.39 Å². The van der Waals surface area contributed by atoms with Crippen LogP contribution in [-0.4, -0.2) is 18.4 Å². The van der Waals surface area contributed by atoms with E-state index in [1.807, 2.05) is 45.0 Å². The molecule has 2 aromatic rings. The molecule has 3 nitrogen and oxygen atoms in total. The summed E-state index contributed by atoms with van der Waals surface area (Å²) in [7, 11) is 1.77. The summed E-state index contributed by atoms with van der Waals surface area (Å²) in [6.07, 6.45) is 0. The lowest BCUT2D eigenvalue weighted by molar-refractivity contribution is 0.0863. The number of hydrogen-bond acceptors (Lipinski definition) is 3. The van der Waals surface area contributed by atoms with Crippen LogP contribution in [0.3, 0.4) is 0 Å². The molecular formula is C14H17NO2. The van der Waals surface area contributed by atoms with Crippen molar-refractivity contribution in [2.45, 2.75) is 26.3 Å². The number of benzene rings is 1. The second-order valence-corrected chi connectivity index (χ2v) is 4.86. The fourth-order valence-electron chi connectivity index (χ4n) is 1.70. The highest BCUT2D eigenvalue weighted by Crippen LogP contribution is 2.23. The molecule has 1 N–H and O–H groups in total. The third-order valence-electron chi connectivity index (χ3n) is 3.09. The molecule has 90 valence electrons. The fraction of sp³-hybridized carbons (Fsp3) is 0.357.